The second-order valence-corrected chi connectivity index (χ2v) is 3.05. The van der Waals surface area contributed by atoms with E-state index in [2.05, 4.69) is 9.97 Å². The van der Waals surface area contributed by atoms with Gasteiger partial charge < -0.3 is 9.52 Å². The number of rotatable bonds is 2. The van der Waals surface area contributed by atoms with Gasteiger partial charge in [0.25, 0.3) is 0 Å². The molecular formula is C9H7ClN2O2. The van der Waals surface area contributed by atoms with E-state index in [4.69, 9.17) is 21.1 Å². The number of nitrogens with zero attached hydrogens (tertiary/aromatic N) is 2. The first-order chi connectivity index (χ1) is 6.81. The van der Waals surface area contributed by atoms with Gasteiger partial charge in [-0.25, -0.2) is 4.98 Å². The fraction of sp³-hybridized carbons (Fsp3) is 0.111. The van der Waals surface area contributed by atoms with Crippen molar-refractivity contribution in [3.63, 3.8) is 0 Å². The van der Waals surface area contributed by atoms with Crippen LogP contribution in [0.15, 0.2) is 29.1 Å². The first-order valence-electron chi connectivity index (χ1n) is 3.96. The summed E-state index contributed by atoms with van der Waals surface area (Å²) in [4.78, 5) is 7.83. The molecule has 2 heterocycles. The van der Waals surface area contributed by atoms with Crippen molar-refractivity contribution >= 4 is 11.6 Å². The van der Waals surface area contributed by atoms with Crippen molar-refractivity contribution in [3.8, 4) is 11.5 Å². The molecule has 4 nitrogen and oxygen atoms in total. The predicted molar refractivity (Wildman–Crippen MR) is 50.7 cm³/mol. The van der Waals surface area contributed by atoms with Gasteiger partial charge in [-0.3, -0.25) is 4.98 Å². The molecule has 0 aliphatic rings. The van der Waals surface area contributed by atoms with Crippen molar-refractivity contribution in [1.82, 2.24) is 9.97 Å². The van der Waals surface area contributed by atoms with Crippen molar-refractivity contribution in [1.29, 1.82) is 0 Å². The minimum Gasteiger partial charge on any atom is -0.439 e. The molecule has 0 amide bonds. The first kappa shape index (κ1) is 9.18. The molecule has 72 valence electrons. The second kappa shape index (κ2) is 3.77. The Morgan fingerprint density at radius 3 is 2.93 bits per heavy atom. The lowest BCUT2D eigenvalue weighted by Gasteiger charge is -1.96. The number of hydrogen-bond acceptors (Lipinski definition) is 4. The van der Waals surface area contributed by atoms with E-state index in [1.54, 1.807) is 12.3 Å². The highest BCUT2D eigenvalue weighted by atomic mass is 35.5. The molecule has 0 bridgehead atoms. The van der Waals surface area contributed by atoms with Crippen LogP contribution in [0, 0.1) is 0 Å². The van der Waals surface area contributed by atoms with Crippen LogP contribution in [0.3, 0.4) is 0 Å². The number of halogens is 1. The maximum Gasteiger partial charge on any atom is 0.227 e. The minimum atomic E-state index is -0.171. The van der Waals surface area contributed by atoms with E-state index in [-0.39, 0.29) is 6.61 Å². The van der Waals surface area contributed by atoms with Gasteiger partial charge in [0.15, 0.2) is 0 Å². The van der Waals surface area contributed by atoms with Crippen molar-refractivity contribution in [2.45, 2.75) is 6.61 Å². The molecule has 5 heteroatoms. The highest BCUT2D eigenvalue weighted by Gasteiger charge is 2.09. The second-order valence-electron chi connectivity index (χ2n) is 2.65. The van der Waals surface area contributed by atoms with Crippen molar-refractivity contribution in [3.05, 3.63) is 35.4 Å². The number of aliphatic hydroxyl groups excluding tert-OH is 1. The molecule has 0 saturated heterocycles. The Morgan fingerprint density at radius 2 is 2.29 bits per heavy atom. The molecule has 0 unspecified atom stereocenters. The van der Waals surface area contributed by atoms with Crippen LogP contribution < -0.4 is 0 Å². The van der Waals surface area contributed by atoms with E-state index in [0.717, 1.165) is 0 Å². The molecular weight excluding hydrogens is 204 g/mol. The van der Waals surface area contributed by atoms with Gasteiger partial charge in [-0.1, -0.05) is 11.6 Å². The summed E-state index contributed by atoms with van der Waals surface area (Å²) in [7, 11) is 0. The topological polar surface area (TPSA) is 59.2 Å². The molecule has 0 aliphatic carbocycles. The smallest absolute Gasteiger partial charge is 0.227 e. The molecule has 0 aliphatic heterocycles. The number of oxazole rings is 1. The third-order valence-electron chi connectivity index (χ3n) is 1.71. The maximum atomic E-state index is 8.79. The summed E-state index contributed by atoms with van der Waals surface area (Å²) < 4.78 is 5.23. The molecule has 1 N–H and O–H groups in total. The summed E-state index contributed by atoms with van der Waals surface area (Å²) in [6.07, 6.45) is 4.58. The van der Waals surface area contributed by atoms with Crippen LogP contribution in [-0.4, -0.2) is 15.1 Å². The largest absolute Gasteiger partial charge is 0.439 e. The van der Waals surface area contributed by atoms with Gasteiger partial charge in [0.1, 0.15) is 12.4 Å². The Kier molecular flexibility index (Phi) is 2.47. The Labute approximate surface area is 85.2 Å². The van der Waals surface area contributed by atoms with Crippen molar-refractivity contribution in [2.24, 2.45) is 0 Å². The monoisotopic (exact) mass is 210 g/mol. The Hall–Kier alpha value is -1.39. The molecule has 0 atom stereocenters. The summed E-state index contributed by atoms with van der Waals surface area (Å²) in [5, 5.41) is 9.26. The number of aliphatic hydroxyl groups is 1. The average molecular weight is 211 g/mol. The van der Waals surface area contributed by atoms with E-state index in [1.807, 2.05) is 0 Å². The molecule has 0 radical (unpaired) electrons. The number of aromatic nitrogens is 2. The molecule has 2 aromatic rings. The SMILES string of the molecule is OCc1cnc(-c2ccncc2Cl)o1. The Morgan fingerprint density at radius 1 is 1.43 bits per heavy atom. The Balaban J connectivity index is 2.44. The first-order valence-corrected chi connectivity index (χ1v) is 4.34. The average Bonchev–Trinajstić information content (AvgIpc) is 2.67. The van der Waals surface area contributed by atoms with E-state index in [1.165, 1.54) is 12.4 Å². The zero-order valence-electron chi connectivity index (χ0n) is 7.14. The van der Waals surface area contributed by atoms with Crippen LogP contribution in [0.1, 0.15) is 5.76 Å². The van der Waals surface area contributed by atoms with Gasteiger partial charge in [0.2, 0.25) is 5.89 Å². The maximum absolute atomic E-state index is 8.79. The van der Waals surface area contributed by atoms with Crippen molar-refractivity contribution < 1.29 is 9.52 Å². The van der Waals surface area contributed by atoms with E-state index in [0.29, 0.717) is 22.2 Å². The van der Waals surface area contributed by atoms with Crippen molar-refractivity contribution in [2.75, 3.05) is 0 Å². The highest BCUT2D eigenvalue weighted by molar-refractivity contribution is 6.32. The molecule has 14 heavy (non-hydrogen) atoms. The zero-order chi connectivity index (χ0) is 9.97. The van der Waals surface area contributed by atoms with Crippen LogP contribution >= 0.6 is 11.6 Å². The van der Waals surface area contributed by atoms with Gasteiger partial charge >= 0.3 is 0 Å². The molecule has 0 spiro atoms. The quantitative estimate of drug-likeness (QED) is 0.822. The van der Waals surface area contributed by atoms with Crippen LogP contribution in [-0.2, 0) is 6.61 Å². The van der Waals surface area contributed by atoms with Gasteiger partial charge in [0, 0.05) is 12.4 Å². The molecule has 0 saturated carbocycles. The fourth-order valence-corrected chi connectivity index (χ4v) is 1.25. The summed E-state index contributed by atoms with van der Waals surface area (Å²) >= 11 is 5.89. The lowest BCUT2D eigenvalue weighted by Crippen LogP contribution is -1.80. The van der Waals surface area contributed by atoms with E-state index >= 15 is 0 Å². The van der Waals surface area contributed by atoms with Crippen LogP contribution in [0.5, 0.6) is 0 Å². The third kappa shape index (κ3) is 1.62. The summed E-state index contributed by atoms with van der Waals surface area (Å²) in [5.41, 5.74) is 0.668. The molecule has 2 aromatic heterocycles. The van der Waals surface area contributed by atoms with E-state index in [9.17, 15) is 0 Å². The summed E-state index contributed by atoms with van der Waals surface area (Å²) in [6, 6.07) is 1.70. The lowest BCUT2D eigenvalue weighted by molar-refractivity contribution is 0.248. The van der Waals surface area contributed by atoms with Crippen LogP contribution in [0.2, 0.25) is 5.02 Å². The normalized spacial score (nSPS) is 10.4. The van der Waals surface area contributed by atoms with Gasteiger partial charge in [-0.05, 0) is 6.07 Å². The number of pyridine rings is 1. The fourth-order valence-electron chi connectivity index (χ4n) is 1.05. The highest BCUT2D eigenvalue weighted by Crippen LogP contribution is 2.25. The Bertz CT molecular complexity index is 442. The summed E-state index contributed by atoms with van der Waals surface area (Å²) in [5.74, 6) is 0.800. The number of hydrogen-bond donors (Lipinski definition) is 1. The summed E-state index contributed by atoms with van der Waals surface area (Å²) in [6.45, 7) is -0.171. The molecule has 2 rings (SSSR count). The molecule has 0 aromatic carbocycles. The van der Waals surface area contributed by atoms with Gasteiger partial charge in [-0.15, -0.1) is 0 Å². The van der Waals surface area contributed by atoms with Crippen LogP contribution in [0.25, 0.3) is 11.5 Å². The third-order valence-corrected chi connectivity index (χ3v) is 2.01. The standard InChI is InChI=1S/C9H7ClN2O2/c10-8-4-11-2-1-7(8)9-12-3-6(5-13)14-9/h1-4,13H,5H2. The molecule has 0 fully saturated rings. The predicted octanol–water partition coefficient (Wildman–Crippen LogP) is 1.88. The van der Waals surface area contributed by atoms with Gasteiger partial charge in [0.05, 0.1) is 16.8 Å². The van der Waals surface area contributed by atoms with Gasteiger partial charge in [-0.2, -0.15) is 0 Å². The van der Waals surface area contributed by atoms with E-state index < -0.39 is 0 Å². The van der Waals surface area contributed by atoms with Crippen LogP contribution in [0.4, 0.5) is 0 Å². The lowest BCUT2D eigenvalue weighted by atomic mass is 10.3. The minimum absolute atomic E-state index is 0.171. The zero-order valence-corrected chi connectivity index (χ0v) is 7.90.